The Morgan fingerprint density at radius 2 is 2.05 bits per heavy atom. The smallest absolute Gasteiger partial charge is 0.0886 e. The predicted octanol–water partition coefficient (Wildman–Crippen LogP) is 6.93. The first-order valence-corrected chi connectivity index (χ1v) is 9.22. The largest absolute Gasteiger partial charge is 0.275 e. The molecule has 2 heteroatoms. The maximum absolute atomic E-state index is 5.95. The molecule has 0 N–H and O–H groups in total. The van der Waals surface area contributed by atoms with Gasteiger partial charge in [-0.2, -0.15) is 0 Å². The lowest BCUT2D eigenvalue weighted by Gasteiger charge is -2.47. The Morgan fingerprint density at radius 3 is 2.55 bits per heavy atom. The van der Waals surface area contributed by atoms with Crippen LogP contribution in [0.5, 0.6) is 0 Å². The van der Waals surface area contributed by atoms with E-state index in [-0.39, 0.29) is 6.10 Å². The van der Waals surface area contributed by atoms with E-state index in [1.165, 1.54) is 31.3 Å². The first kappa shape index (κ1) is 19.8. The van der Waals surface area contributed by atoms with Crippen molar-refractivity contribution in [2.45, 2.75) is 79.8 Å². The Labute approximate surface area is 143 Å². The summed E-state index contributed by atoms with van der Waals surface area (Å²) in [5, 5.41) is 0. The van der Waals surface area contributed by atoms with Gasteiger partial charge in [-0.15, -0.1) is 0 Å². The van der Waals surface area contributed by atoms with Crippen LogP contribution in [0.25, 0.3) is 0 Å². The molecule has 22 heavy (non-hydrogen) atoms. The molecule has 1 aliphatic rings. The number of hydrogen-bond donors (Lipinski definition) is 0. The summed E-state index contributed by atoms with van der Waals surface area (Å²) in [5.74, 6) is 1.69. The molecule has 0 heterocycles. The van der Waals surface area contributed by atoms with Crippen LogP contribution < -0.4 is 0 Å². The van der Waals surface area contributed by atoms with Gasteiger partial charge in [0.2, 0.25) is 0 Å². The average Bonchev–Trinajstić information content (AvgIpc) is 2.45. The number of rotatable bonds is 7. The molecule has 0 aliphatic heterocycles. The van der Waals surface area contributed by atoms with E-state index in [1.807, 2.05) is 0 Å². The molecule has 1 saturated carbocycles. The maximum Gasteiger partial charge on any atom is 0.0886 e. The summed E-state index contributed by atoms with van der Waals surface area (Å²) in [5.41, 5.74) is 1.67. The van der Waals surface area contributed by atoms with Gasteiger partial charge in [0.25, 0.3) is 0 Å². The van der Waals surface area contributed by atoms with Crippen molar-refractivity contribution < 1.29 is 4.29 Å². The molecule has 0 spiro atoms. The van der Waals surface area contributed by atoms with Crippen LogP contribution in [0.1, 0.15) is 73.6 Å². The van der Waals surface area contributed by atoms with Crippen molar-refractivity contribution in [1.82, 2.24) is 0 Å². The van der Waals surface area contributed by atoms with Crippen molar-refractivity contribution in [2.24, 2.45) is 23.2 Å². The molecule has 4 atom stereocenters. The third-order valence-corrected chi connectivity index (χ3v) is 5.61. The summed E-state index contributed by atoms with van der Waals surface area (Å²) < 4.78 is 5.50. The van der Waals surface area contributed by atoms with E-state index < -0.39 is 0 Å². The van der Waals surface area contributed by atoms with Crippen molar-refractivity contribution in [3.63, 3.8) is 0 Å². The van der Waals surface area contributed by atoms with Gasteiger partial charge in [-0.3, -0.25) is 4.29 Å². The lowest BCUT2D eigenvalue weighted by Crippen LogP contribution is -2.44. The Hall–Kier alpha value is -0.270. The second kappa shape index (κ2) is 9.13. The standard InChI is InChI=1S/C20H35ClO/c1-7-20(6)13-12-17(14-16(4)5)19(22-21)18(20)11-9-8-10-15(2)3/h9-11,16-19H,7-8,12-14H2,1-6H3/b11-9+. The molecule has 1 nitrogen and oxygen atoms in total. The molecule has 1 aliphatic carbocycles. The molecule has 1 rings (SSSR count). The van der Waals surface area contributed by atoms with E-state index in [0.717, 1.165) is 6.42 Å². The van der Waals surface area contributed by atoms with E-state index in [1.54, 1.807) is 0 Å². The number of allylic oxidation sites excluding steroid dienone is 3. The quantitative estimate of drug-likeness (QED) is 0.461. The monoisotopic (exact) mass is 326 g/mol. The van der Waals surface area contributed by atoms with Gasteiger partial charge in [0.05, 0.1) is 18.0 Å². The Balaban J connectivity index is 2.92. The van der Waals surface area contributed by atoms with Crippen LogP contribution in [-0.2, 0) is 4.29 Å². The minimum Gasteiger partial charge on any atom is -0.275 e. The first-order valence-electron chi connectivity index (χ1n) is 8.91. The highest BCUT2D eigenvalue weighted by Gasteiger charge is 2.45. The lowest BCUT2D eigenvalue weighted by atomic mass is 9.60. The van der Waals surface area contributed by atoms with Crippen molar-refractivity contribution in [2.75, 3.05) is 0 Å². The molecule has 0 amide bonds. The summed E-state index contributed by atoms with van der Waals surface area (Å²) in [6.45, 7) is 13.6. The molecule has 0 aromatic rings. The molecule has 0 bridgehead atoms. The topological polar surface area (TPSA) is 9.23 Å². The third-order valence-electron chi connectivity index (χ3n) is 5.40. The normalized spacial score (nSPS) is 32.6. The SMILES string of the molecule is CCC1(C)CCC(CC(C)C)C(OCl)C1/C=C/CC=C(C)C. The minimum absolute atomic E-state index is 0.144. The predicted molar refractivity (Wildman–Crippen MR) is 98.0 cm³/mol. The summed E-state index contributed by atoms with van der Waals surface area (Å²) >= 11 is 5.95. The molecule has 4 unspecified atom stereocenters. The van der Waals surface area contributed by atoms with E-state index in [0.29, 0.717) is 23.2 Å². The molecule has 0 saturated heterocycles. The zero-order chi connectivity index (χ0) is 16.8. The third kappa shape index (κ3) is 5.42. The van der Waals surface area contributed by atoms with Gasteiger partial charge in [-0.05, 0) is 56.8 Å². The van der Waals surface area contributed by atoms with Crippen LogP contribution in [0, 0.1) is 23.2 Å². The second-order valence-corrected chi connectivity index (χ2v) is 8.14. The van der Waals surface area contributed by atoms with E-state index in [2.05, 4.69) is 59.8 Å². The molecule has 0 radical (unpaired) electrons. The molecule has 128 valence electrons. The van der Waals surface area contributed by atoms with Crippen LogP contribution in [0.4, 0.5) is 0 Å². The number of hydrogen-bond acceptors (Lipinski definition) is 1. The molecule has 0 aromatic heterocycles. The van der Waals surface area contributed by atoms with Crippen molar-refractivity contribution in [3.8, 4) is 0 Å². The fourth-order valence-corrected chi connectivity index (χ4v) is 4.06. The van der Waals surface area contributed by atoms with Crippen LogP contribution in [-0.4, -0.2) is 6.10 Å². The summed E-state index contributed by atoms with van der Waals surface area (Å²) in [7, 11) is 0. The van der Waals surface area contributed by atoms with Gasteiger partial charge < -0.3 is 0 Å². The summed E-state index contributed by atoms with van der Waals surface area (Å²) in [4.78, 5) is 0. The van der Waals surface area contributed by atoms with Crippen LogP contribution in [0.15, 0.2) is 23.8 Å². The Kier molecular flexibility index (Phi) is 8.21. The molecule has 0 aromatic carbocycles. The Bertz CT molecular complexity index is 381. The van der Waals surface area contributed by atoms with E-state index in [4.69, 9.17) is 16.2 Å². The Morgan fingerprint density at radius 1 is 1.36 bits per heavy atom. The minimum atomic E-state index is 0.144. The average molecular weight is 327 g/mol. The van der Waals surface area contributed by atoms with Crippen molar-refractivity contribution >= 4 is 11.9 Å². The molecular weight excluding hydrogens is 292 g/mol. The highest BCUT2D eigenvalue weighted by Crippen LogP contribution is 2.49. The highest BCUT2D eigenvalue weighted by atomic mass is 35.5. The van der Waals surface area contributed by atoms with Gasteiger partial charge in [0.15, 0.2) is 0 Å². The van der Waals surface area contributed by atoms with Crippen LogP contribution in [0.3, 0.4) is 0 Å². The zero-order valence-corrected chi connectivity index (χ0v) is 16.1. The molecular formula is C20H35ClO. The lowest BCUT2D eigenvalue weighted by molar-refractivity contribution is -0.0225. The first-order chi connectivity index (χ1) is 10.3. The second-order valence-electron chi connectivity index (χ2n) is 7.96. The van der Waals surface area contributed by atoms with Crippen molar-refractivity contribution in [1.29, 1.82) is 0 Å². The van der Waals surface area contributed by atoms with Crippen molar-refractivity contribution in [3.05, 3.63) is 23.8 Å². The summed E-state index contributed by atoms with van der Waals surface area (Å²) in [6, 6.07) is 0. The van der Waals surface area contributed by atoms with Gasteiger partial charge in [-0.25, -0.2) is 0 Å². The van der Waals surface area contributed by atoms with Gasteiger partial charge in [0, 0.05) is 5.92 Å². The number of halogens is 1. The van der Waals surface area contributed by atoms with Gasteiger partial charge >= 0.3 is 0 Å². The zero-order valence-electron chi connectivity index (χ0n) is 15.4. The molecule has 1 fully saturated rings. The fourth-order valence-electron chi connectivity index (χ4n) is 3.80. The van der Waals surface area contributed by atoms with Crippen LogP contribution >= 0.6 is 11.9 Å². The summed E-state index contributed by atoms with van der Waals surface area (Å²) in [6.07, 6.45) is 13.0. The van der Waals surface area contributed by atoms with Gasteiger partial charge in [-0.1, -0.05) is 57.9 Å². The van der Waals surface area contributed by atoms with E-state index >= 15 is 0 Å². The highest BCUT2D eigenvalue weighted by molar-refractivity contribution is 6.07. The van der Waals surface area contributed by atoms with E-state index in [9.17, 15) is 0 Å². The fraction of sp³-hybridized carbons (Fsp3) is 0.800. The van der Waals surface area contributed by atoms with Crippen LogP contribution in [0.2, 0.25) is 0 Å². The van der Waals surface area contributed by atoms with Gasteiger partial charge in [0.1, 0.15) is 0 Å². The maximum atomic E-state index is 5.95.